The van der Waals surface area contributed by atoms with Crippen molar-refractivity contribution in [2.24, 2.45) is 0 Å². The Bertz CT molecular complexity index is 1120. The average Bonchev–Trinajstić information content (AvgIpc) is 2.74. The number of carbonyl (C=O) groups excluding carboxylic acids is 1. The fraction of sp³-hybridized carbons (Fsp3) is 0.261. The molecule has 30 heavy (non-hydrogen) atoms. The lowest BCUT2D eigenvalue weighted by Crippen LogP contribution is -2.48. The van der Waals surface area contributed by atoms with Gasteiger partial charge in [0, 0.05) is 44.4 Å². The Hall–Kier alpha value is -2.96. The predicted molar refractivity (Wildman–Crippen MR) is 118 cm³/mol. The normalized spacial score (nSPS) is 14.8. The Morgan fingerprint density at radius 2 is 1.77 bits per heavy atom. The number of nitrogens with zero attached hydrogens (tertiary/aromatic N) is 3. The number of carbonyl (C=O) groups is 1. The van der Waals surface area contributed by atoms with E-state index < -0.39 is 4.92 Å². The van der Waals surface area contributed by atoms with Crippen LogP contribution in [0.4, 0.5) is 5.69 Å². The van der Waals surface area contributed by atoms with Gasteiger partial charge < -0.3 is 4.90 Å². The van der Waals surface area contributed by atoms with E-state index in [0.717, 1.165) is 19.6 Å². The van der Waals surface area contributed by atoms with E-state index in [1.54, 1.807) is 11.8 Å². The lowest BCUT2D eigenvalue weighted by Gasteiger charge is -2.35. The molecule has 0 aliphatic carbocycles. The zero-order chi connectivity index (χ0) is 21.3. The number of halogens is 1. The maximum atomic E-state index is 12.9. The van der Waals surface area contributed by atoms with Crippen LogP contribution < -0.4 is 0 Å². The third kappa shape index (κ3) is 4.01. The van der Waals surface area contributed by atoms with Gasteiger partial charge in [0.25, 0.3) is 11.6 Å². The lowest BCUT2D eigenvalue weighted by atomic mass is 10.0. The molecule has 1 amide bonds. The molecule has 154 valence electrons. The fourth-order valence-corrected chi connectivity index (χ4v) is 4.27. The molecule has 0 aromatic heterocycles. The Balaban J connectivity index is 1.45. The number of hydrogen-bond donors (Lipinski definition) is 0. The molecule has 1 aliphatic rings. The number of nitro benzene ring substituents is 1. The first-order valence-electron chi connectivity index (χ1n) is 9.87. The smallest absolute Gasteiger partial charge is 0.273 e. The van der Waals surface area contributed by atoms with Crippen molar-refractivity contribution in [3.8, 4) is 0 Å². The molecule has 0 spiro atoms. The summed E-state index contributed by atoms with van der Waals surface area (Å²) in [5, 5.41) is 13.9. The van der Waals surface area contributed by atoms with Crippen molar-refractivity contribution in [3.63, 3.8) is 0 Å². The summed E-state index contributed by atoms with van der Waals surface area (Å²) in [6, 6.07) is 17.4. The second-order valence-corrected chi connectivity index (χ2v) is 7.99. The van der Waals surface area contributed by atoms with Gasteiger partial charge in [0.2, 0.25) is 0 Å². The van der Waals surface area contributed by atoms with Gasteiger partial charge in [-0.1, -0.05) is 54.1 Å². The molecule has 0 radical (unpaired) electrons. The monoisotopic (exact) mass is 423 g/mol. The molecule has 1 heterocycles. The van der Waals surface area contributed by atoms with Gasteiger partial charge >= 0.3 is 0 Å². The van der Waals surface area contributed by atoms with Crippen LogP contribution >= 0.6 is 11.6 Å². The molecule has 0 unspecified atom stereocenters. The maximum absolute atomic E-state index is 12.9. The number of hydrogen-bond acceptors (Lipinski definition) is 4. The first-order chi connectivity index (χ1) is 14.4. The average molecular weight is 424 g/mol. The molecular weight excluding hydrogens is 402 g/mol. The summed E-state index contributed by atoms with van der Waals surface area (Å²) in [4.78, 5) is 27.7. The van der Waals surface area contributed by atoms with Crippen molar-refractivity contribution >= 4 is 34.0 Å². The number of rotatable bonds is 4. The zero-order valence-electron chi connectivity index (χ0n) is 16.7. The molecule has 0 atom stereocenters. The number of piperazine rings is 1. The van der Waals surface area contributed by atoms with E-state index in [1.165, 1.54) is 28.5 Å². The molecule has 3 aromatic rings. The summed E-state index contributed by atoms with van der Waals surface area (Å²) >= 11 is 6.23. The molecule has 4 rings (SSSR count). The zero-order valence-corrected chi connectivity index (χ0v) is 17.4. The standard InChI is InChI=1S/C23H22ClN3O3/c1-16-13-21(24)20(14-22(16)27(29)30)23(28)26-11-9-25(10-12-26)15-18-7-4-6-17-5-2-3-8-19(17)18/h2-8,13-14H,9-12,15H2,1H3. The Morgan fingerprint density at radius 1 is 1.07 bits per heavy atom. The van der Waals surface area contributed by atoms with Crippen molar-refractivity contribution in [2.75, 3.05) is 26.2 Å². The summed E-state index contributed by atoms with van der Waals surface area (Å²) in [6.07, 6.45) is 0. The van der Waals surface area contributed by atoms with Crippen LogP contribution in [0.15, 0.2) is 54.6 Å². The predicted octanol–water partition coefficient (Wildman–Crippen LogP) is 4.67. The Morgan fingerprint density at radius 3 is 2.50 bits per heavy atom. The van der Waals surface area contributed by atoms with Gasteiger partial charge in [-0.15, -0.1) is 0 Å². The second-order valence-electron chi connectivity index (χ2n) is 7.58. The molecule has 1 aliphatic heterocycles. The Labute approximate surface area is 179 Å². The number of nitro groups is 1. The van der Waals surface area contributed by atoms with E-state index in [4.69, 9.17) is 11.6 Å². The minimum absolute atomic E-state index is 0.0858. The third-order valence-corrected chi connectivity index (χ3v) is 5.96. The molecule has 1 fully saturated rings. The van der Waals surface area contributed by atoms with Crippen molar-refractivity contribution < 1.29 is 9.72 Å². The van der Waals surface area contributed by atoms with Crippen LogP contribution in [0.25, 0.3) is 10.8 Å². The molecule has 1 saturated heterocycles. The largest absolute Gasteiger partial charge is 0.336 e. The fourth-order valence-electron chi connectivity index (χ4n) is 3.97. The molecule has 0 saturated carbocycles. The lowest BCUT2D eigenvalue weighted by molar-refractivity contribution is -0.385. The van der Waals surface area contributed by atoms with Gasteiger partial charge in [0.1, 0.15) is 0 Å². The first kappa shape index (κ1) is 20.3. The van der Waals surface area contributed by atoms with Gasteiger partial charge in [-0.2, -0.15) is 0 Å². The topological polar surface area (TPSA) is 66.7 Å². The first-order valence-corrected chi connectivity index (χ1v) is 10.2. The van der Waals surface area contributed by atoms with Crippen molar-refractivity contribution in [2.45, 2.75) is 13.5 Å². The van der Waals surface area contributed by atoms with E-state index >= 15 is 0 Å². The number of benzene rings is 3. The van der Waals surface area contributed by atoms with E-state index in [2.05, 4.69) is 35.2 Å². The van der Waals surface area contributed by atoms with Crippen LogP contribution in [-0.4, -0.2) is 46.8 Å². The summed E-state index contributed by atoms with van der Waals surface area (Å²) in [7, 11) is 0. The van der Waals surface area contributed by atoms with Gasteiger partial charge in [-0.3, -0.25) is 19.8 Å². The Kier molecular flexibility index (Phi) is 5.70. The van der Waals surface area contributed by atoms with E-state index in [0.29, 0.717) is 18.7 Å². The number of fused-ring (bicyclic) bond motifs is 1. The molecule has 6 nitrogen and oxygen atoms in total. The highest BCUT2D eigenvalue weighted by Crippen LogP contribution is 2.28. The molecule has 0 bridgehead atoms. The van der Waals surface area contributed by atoms with Crippen molar-refractivity contribution in [3.05, 3.63) is 86.4 Å². The van der Waals surface area contributed by atoms with Crippen LogP contribution in [0.5, 0.6) is 0 Å². The van der Waals surface area contributed by atoms with Gasteiger partial charge in [0.05, 0.1) is 15.5 Å². The van der Waals surface area contributed by atoms with Crippen LogP contribution in [0, 0.1) is 17.0 Å². The highest BCUT2D eigenvalue weighted by atomic mass is 35.5. The highest BCUT2D eigenvalue weighted by molar-refractivity contribution is 6.34. The quantitative estimate of drug-likeness (QED) is 0.452. The number of amides is 1. The molecular formula is C23H22ClN3O3. The van der Waals surface area contributed by atoms with Crippen LogP contribution in [0.2, 0.25) is 5.02 Å². The SMILES string of the molecule is Cc1cc(Cl)c(C(=O)N2CCN(Cc3cccc4ccccc34)CC2)cc1[N+](=O)[O-]. The maximum Gasteiger partial charge on any atom is 0.273 e. The summed E-state index contributed by atoms with van der Waals surface area (Å²) < 4.78 is 0. The van der Waals surface area contributed by atoms with E-state index in [1.807, 2.05) is 12.1 Å². The molecule has 3 aromatic carbocycles. The van der Waals surface area contributed by atoms with Crippen molar-refractivity contribution in [1.29, 1.82) is 0 Å². The second kappa shape index (κ2) is 8.42. The summed E-state index contributed by atoms with van der Waals surface area (Å²) in [5.41, 5.74) is 1.82. The summed E-state index contributed by atoms with van der Waals surface area (Å²) in [6.45, 7) is 5.02. The molecule has 7 heteroatoms. The highest BCUT2D eigenvalue weighted by Gasteiger charge is 2.26. The minimum atomic E-state index is -0.482. The van der Waals surface area contributed by atoms with Crippen molar-refractivity contribution in [1.82, 2.24) is 9.80 Å². The number of aryl methyl sites for hydroxylation is 1. The van der Waals surface area contributed by atoms with E-state index in [-0.39, 0.29) is 22.2 Å². The molecule has 0 N–H and O–H groups in total. The summed E-state index contributed by atoms with van der Waals surface area (Å²) in [5.74, 6) is -0.257. The van der Waals surface area contributed by atoms with Gasteiger partial charge in [0.15, 0.2) is 0 Å². The van der Waals surface area contributed by atoms with E-state index in [9.17, 15) is 14.9 Å². The third-order valence-electron chi connectivity index (χ3n) is 5.65. The van der Waals surface area contributed by atoms with Crippen LogP contribution in [-0.2, 0) is 6.54 Å². The van der Waals surface area contributed by atoms with Crippen LogP contribution in [0.1, 0.15) is 21.5 Å². The van der Waals surface area contributed by atoms with Gasteiger partial charge in [-0.05, 0) is 29.3 Å². The van der Waals surface area contributed by atoms with Crippen LogP contribution in [0.3, 0.4) is 0 Å². The minimum Gasteiger partial charge on any atom is -0.336 e. The van der Waals surface area contributed by atoms with Gasteiger partial charge in [-0.25, -0.2) is 0 Å².